The molecule has 0 bridgehead atoms. The Hall–Kier alpha value is -3.10. The van der Waals surface area contributed by atoms with Crippen LogP contribution in [0.25, 0.3) is 0 Å². The van der Waals surface area contributed by atoms with Crippen molar-refractivity contribution in [2.45, 2.75) is 5.60 Å². The fourth-order valence-electron chi connectivity index (χ4n) is 4.36. The molecular weight excluding hydrogens is 401 g/mol. The Balaban J connectivity index is 1.83. The molecule has 154 valence electrons. The zero-order chi connectivity index (χ0) is 21.2. The maximum atomic E-state index is 7.30. The Morgan fingerprint density at radius 3 is 1.39 bits per heavy atom. The van der Waals surface area contributed by atoms with Crippen LogP contribution in [0.15, 0.2) is 126 Å². The van der Waals surface area contributed by atoms with Gasteiger partial charge in [-0.2, -0.15) is 0 Å². The summed E-state index contributed by atoms with van der Waals surface area (Å²) in [6, 6.07) is 40.7. The predicted octanol–water partition coefficient (Wildman–Crippen LogP) is 5.63. The van der Waals surface area contributed by atoms with Crippen LogP contribution in [-0.2, 0) is 14.6 Å². The summed E-state index contributed by atoms with van der Waals surface area (Å²) in [7, 11) is -2.14. The van der Waals surface area contributed by atoms with Crippen molar-refractivity contribution in [3.63, 3.8) is 0 Å². The first-order valence-corrected chi connectivity index (χ1v) is 12.3. The van der Waals surface area contributed by atoms with Crippen molar-refractivity contribution in [2.75, 3.05) is 7.11 Å². The van der Waals surface area contributed by atoms with E-state index in [0.29, 0.717) is 0 Å². The van der Waals surface area contributed by atoms with Gasteiger partial charge >= 0.3 is 183 Å². The summed E-state index contributed by atoms with van der Waals surface area (Å²) >= 11 is 0. The van der Waals surface area contributed by atoms with Crippen LogP contribution < -0.4 is 10.6 Å². The SMILES string of the molecule is COP1(c2ccccc2)(c2ccccc2)N=CC(c2ccccc2)(c2ccccc2)O1. The minimum atomic E-state index is -3.85. The molecule has 1 aliphatic rings. The molecule has 4 aromatic rings. The number of nitrogens with zero attached hydrogens (tertiary/aromatic N) is 1. The van der Waals surface area contributed by atoms with E-state index in [-0.39, 0.29) is 0 Å². The molecule has 5 rings (SSSR count). The first-order valence-electron chi connectivity index (χ1n) is 10.3. The summed E-state index contributed by atoms with van der Waals surface area (Å²) in [4.78, 5) is 0. The van der Waals surface area contributed by atoms with Crippen LogP contribution in [-0.4, -0.2) is 13.3 Å². The third-order valence-electron chi connectivity index (χ3n) is 5.93. The molecule has 0 unspecified atom stereocenters. The average Bonchev–Trinajstić information content (AvgIpc) is 3.26. The van der Waals surface area contributed by atoms with Crippen LogP contribution in [0.2, 0.25) is 0 Å². The van der Waals surface area contributed by atoms with Crippen LogP contribution in [0.3, 0.4) is 0 Å². The summed E-state index contributed by atoms with van der Waals surface area (Å²) in [6.07, 6.45) is 1.94. The van der Waals surface area contributed by atoms with E-state index in [9.17, 15) is 0 Å². The summed E-state index contributed by atoms with van der Waals surface area (Å²) in [5, 5.41) is 1.87. The molecule has 0 atom stereocenters. The molecule has 4 heteroatoms. The number of hydrogen-bond donors (Lipinski definition) is 0. The molecule has 0 saturated heterocycles. The molecule has 4 aromatic carbocycles. The first-order chi connectivity index (χ1) is 15.2. The molecule has 0 radical (unpaired) electrons. The van der Waals surface area contributed by atoms with Gasteiger partial charge in [0.15, 0.2) is 0 Å². The van der Waals surface area contributed by atoms with Crippen LogP contribution in [0.4, 0.5) is 0 Å². The predicted molar refractivity (Wildman–Crippen MR) is 129 cm³/mol. The van der Waals surface area contributed by atoms with Crippen LogP contribution >= 0.6 is 7.21 Å². The van der Waals surface area contributed by atoms with E-state index in [0.717, 1.165) is 21.7 Å². The van der Waals surface area contributed by atoms with Crippen molar-refractivity contribution in [2.24, 2.45) is 4.76 Å². The van der Waals surface area contributed by atoms with Crippen molar-refractivity contribution in [1.82, 2.24) is 0 Å². The Bertz CT molecular complexity index is 1120. The van der Waals surface area contributed by atoms with E-state index in [4.69, 9.17) is 13.8 Å². The molecule has 1 aliphatic heterocycles. The van der Waals surface area contributed by atoms with E-state index in [1.54, 1.807) is 7.11 Å². The van der Waals surface area contributed by atoms with E-state index in [1.807, 2.05) is 79.0 Å². The molecule has 31 heavy (non-hydrogen) atoms. The number of benzene rings is 4. The van der Waals surface area contributed by atoms with Crippen LogP contribution in [0.1, 0.15) is 11.1 Å². The molecule has 0 N–H and O–H groups in total. The van der Waals surface area contributed by atoms with Gasteiger partial charge < -0.3 is 0 Å². The van der Waals surface area contributed by atoms with Gasteiger partial charge in [-0.1, -0.05) is 0 Å². The van der Waals surface area contributed by atoms with Crippen LogP contribution in [0.5, 0.6) is 0 Å². The standard InChI is InChI=1S/C27H24NO2P/c1-29-31(25-18-10-4-11-19-25,26-20-12-5-13-21-26)28-22-27(30-31,23-14-6-2-7-15-23)24-16-8-3-9-17-24/h2-22H,1H3. The monoisotopic (exact) mass is 425 g/mol. The van der Waals surface area contributed by atoms with Gasteiger partial charge in [-0.3, -0.25) is 0 Å². The van der Waals surface area contributed by atoms with Gasteiger partial charge in [0, 0.05) is 0 Å². The van der Waals surface area contributed by atoms with Crippen molar-refractivity contribution in [1.29, 1.82) is 0 Å². The number of hydrogen-bond acceptors (Lipinski definition) is 3. The second-order valence-corrected chi connectivity index (χ2v) is 11.2. The fraction of sp³-hybridized carbons (Fsp3) is 0.0741. The zero-order valence-corrected chi connectivity index (χ0v) is 18.2. The molecule has 0 fully saturated rings. The quantitative estimate of drug-likeness (QED) is 0.388. The Labute approximate surface area is 183 Å². The molecule has 0 saturated carbocycles. The zero-order valence-electron chi connectivity index (χ0n) is 17.3. The first kappa shape index (κ1) is 19.8. The number of rotatable bonds is 5. The van der Waals surface area contributed by atoms with Gasteiger partial charge in [-0.25, -0.2) is 0 Å². The van der Waals surface area contributed by atoms with Crippen molar-refractivity contribution >= 4 is 24.0 Å². The minimum absolute atomic E-state index is 0.873. The Morgan fingerprint density at radius 1 is 0.613 bits per heavy atom. The maximum absolute atomic E-state index is 7.30. The molecule has 0 aliphatic carbocycles. The van der Waals surface area contributed by atoms with E-state index < -0.39 is 12.8 Å². The van der Waals surface area contributed by atoms with E-state index >= 15 is 0 Å². The summed E-state index contributed by atoms with van der Waals surface area (Å²) in [6.45, 7) is 0. The molecule has 3 nitrogen and oxygen atoms in total. The topological polar surface area (TPSA) is 30.8 Å². The Morgan fingerprint density at radius 2 is 1.00 bits per heavy atom. The van der Waals surface area contributed by atoms with Gasteiger partial charge in [0.2, 0.25) is 0 Å². The van der Waals surface area contributed by atoms with Gasteiger partial charge in [0.05, 0.1) is 0 Å². The fourth-order valence-corrected chi connectivity index (χ4v) is 8.33. The van der Waals surface area contributed by atoms with Crippen LogP contribution in [0, 0.1) is 0 Å². The molecule has 0 amide bonds. The molecule has 1 heterocycles. The second-order valence-electron chi connectivity index (χ2n) is 7.57. The molecule has 0 aromatic heterocycles. The van der Waals surface area contributed by atoms with Crippen molar-refractivity contribution in [3.05, 3.63) is 132 Å². The summed E-state index contributed by atoms with van der Waals surface area (Å²) in [5.41, 5.74) is 1.16. The average molecular weight is 425 g/mol. The summed E-state index contributed by atoms with van der Waals surface area (Å²) < 4.78 is 19.0. The van der Waals surface area contributed by atoms with Gasteiger partial charge in [0.25, 0.3) is 0 Å². The molecular formula is C27H24NO2P. The van der Waals surface area contributed by atoms with Crippen molar-refractivity contribution in [3.8, 4) is 0 Å². The normalized spacial score (nSPS) is 19.3. The summed E-state index contributed by atoms with van der Waals surface area (Å²) in [5.74, 6) is 0. The third kappa shape index (κ3) is 2.90. The third-order valence-corrected chi connectivity index (χ3v) is 10.2. The Kier molecular flexibility index (Phi) is 4.83. The molecule has 0 spiro atoms. The second kappa shape index (κ2) is 7.55. The van der Waals surface area contributed by atoms with E-state index in [1.165, 1.54) is 0 Å². The van der Waals surface area contributed by atoms with E-state index in [2.05, 4.69) is 48.5 Å². The van der Waals surface area contributed by atoms with Gasteiger partial charge in [-0.05, 0) is 0 Å². The van der Waals surface area contributed by atoms with Crippen molar-refractivity contribution < 1.29 is 9.05 Å². The van der Waals surface area contributed by atoms with Gasteiger partial charge in [-0.15, -0.1) is 0 Å². The van der Waals surface area contributed by atoms with Gasteiger partial charge in [0.1, 0.15) is 0 Å².